The van der Waals surface area contributed by atoms with Gasteiger partial charge in [-0.25, -0.2) is 8.42 Å². The molecular weight excluding hydrogens is 462 g/mol. The molecule has 1 saturated carbocycles. The highest BCUT2D eigenvalue weighted by Crippen LogP contribution is 2.38. The number of ether oxygens (including phenoxy) is 1. The number of fused-ring (bicyclic) bond motifs is 1. The van der Waals surface area contributed by atoms with Gasteiger partial charge in [-0.05, 0) is 25.0 Å². The number of imide groups is 1. The van der Waals surface area contributed by atoms with E-state index in [-0.39, 0.29) is 67.7 Å². The van der Waals surface area contributed by atoms with Gasteiger partial charge in [0.1, 0.15) is 0 Å². The van der Waals surface area contributed by atoms with E-state index in [2.05, 4.69) is 0 Å². The normalized spacial score (nSPS) is 23.6. The predicted octanol–water partition coefficient (Wildman–Crippen LogP) is 0.628. The van der Waals surface area contributed by atoms with E-state index in [0.717, 1.165) is 17.7 Å². The Morgan fingerprint density at radius 3 is 2.09 bits per heavy atom. The van der Waals surface area contributed by atoms with Gasteiger partial charge in [0.25, 0.3) is 5.91 Å². The molecule has 0 unspecified atom stereocenters. The molecule has 4 rings (SSSR count). The molecule has 34 heavy (non-hydrogen) atoms. The van der Waals surface area contributed by atoms with Crippen molar-refractivity contribution in [1.82, 2.24) is 14.1 Å². The maximum absolute atomic E-state index is 12.7. The highest BCUT2D eigenvalue weighted by atomic mass is 32.2. The fourth-order valence-electron chi connectivity index (χ4n) is 4.88. The average molecular weight is 492 g/mol. The SMILES string of the molecule is O=C(CCN1C(=O)[C@H]2CCCC[C@@H]2C1=O)OCC(=O)N1CCN(S(=O)(=O)c2ccccc2)CC1. The first kappa shape index (κ1) is 24.3. The lowest BCUT2D eigenvalue weighted by Gasteiger charge is -2.33. The molecule has 2 heterocycles. The topological polar surface area (TPSA) is 121 Å². The zero-order chi connectivity index (χ0) is 24.3. The van der Waals surface area contributed by atoms with E-state index in [1.807, 2.05) is 0 Å². The van der Waals surface area contributed by atoms with Crippen LogP contribution in [0.5, 0.6) is 0 Å². The van der Waals surface area contributed by atoms with Crippen LogP contribution < -0.4 is 0 Å². The second kappa shape index (κ2) is 10.2. The number of benzene rings is 1. The number of esters is 1. The third-order valence-electron chi connectivity index (χ3n) is 6.80. The fraction of sp³-hybridized carbons (Fsp3) is 0.565. The number of sulfonamides is 1. The number of hydrogen-bond donors (Lipinski definition) is 0. The zero-order valence-electron chi connectivity index (χ0n) is 18.9. The summed E-state index contributed by atoms with van der Waals surface area (Å²) in [6.07, 6.45) is 3.14. The van der Waals surface area contributed by atoms with E-state index in [1.54, 1.807) is 18.2 Å². The Kier molecular flexibility index (Phi) is 7.32. The number of piperazine rings is 1. The number of nitrogens with zero attached hydrogens (tertiary/aromatic N) is 3. The van der Waals surface area contributed by atoms with Gasteiger partial charge in [0, 0.05) is 32.7 Å². The molecule has 2 aliphatic heterocycles. The number of hydrogen-bond acceptors (Lipinski definition) is 7. The minimum Gasteiger partial charge on any atom is -0.456 e. The van der Waals surface area contributed by atoms with Gasteiger partial charge in [0.15, 0.2) is 6.61 Å². The average Bonchev–Trinajstić information content (AvgIpc) is 3.11. The predicted molar refractivity (Wildman–Crippen MR) is 120 cm³/mol. The van der Waals surface area contributed by atoms with Crippen LogP contribution in [-0.2, 0) is 33.9 Å². The lowest BCUT2D eigenvalue weighted by molar-refractivity contribution is -0.153. The molecule has 1 aromatic rings. The molecule has 3 aliphatic rings. The van der Waals surface area contributed by atoms with Gasteiger partial charge >= 0.3 is 5.97 Å². The van der Waals surface area contributed by atoms with Crippen LogP contribution in [0.15, 0.2) is 35.2 Å². The highest BCUT2D eigenvalue weighted by Gasteiger charge is 2.47. The van der Waals surface area contributed by atoms with Crippen LogP contribution in [-0.4, -0.2) is 85.5 Å². The van der Waals surface area contributed by atoms with Crippen LogP contribution in [0.3, 0.4) is 0 Å². The van der Waals surface area contributed by atoms with Crippen molar-refractivity contribution in [3.63, 3.8) is 0 Å². The van der Waals surface area contributed by atoms with Crippen molar-refractivity contribution in [3.8, 4) is 0 Å². The maximum Gasteiger partial charge on any atom is 0.308 e. The van der Waals surface area contributed by atoms with E-state index < -0.39 is 28.5 Å². The largest absolute Gasteiger partial charge is 0.456 e. The molecule has 0 radical (unpaired) electrons. The molecule has 1 aliphatic carbocycles. The van der Waals surface area contributed by atoms with E-state index >= 15 is 0 Å². The van der Waals surface area contributed by atoms with Crippen LogP contribution >= 0.6 is 0 Å². The lowest BCUT2D eigenvalue weighted by Crippen LogP contribution is -2.51. The van der Waals surface area contributed by atoms with Crippen molar-refractivity contribution in [2.24, 2.45) is 11.8 Å². The molecule has 0 aromatic heterocycles. The summed E-state index contributed by atoms with van der Waals surface area (Å²) >= 11 is 0. The summed E-state index contributed by atoms with van der Waals surface area (Å²) in [4.78, 5) is 52.3. The van der Waals surface area contributed by atoms with Crippen molar-refractivity contribution in [2.75, 3.05) is 39.3 Å². The van der Waals surface area contributed by atoms with Crippen molar-refractivity contribution < 1.29 is 32.3 Å². The van der Waals surface area contributed by atoms with Gasteiger partial charge in [-0.2, -0.15) is 4.31 Å². The molecule has 10 nitrogen and oxygen atoms in total. The van der Waals surface area contributed by atoms with Crippen LogP contribution in [0.4, 0.5) is 0 Å². The van der Waals surface area contributed by atoms with Gasteiger partial charge in [-0.15, -0.1) is 0 Å². The van der Waals surface area contributed by atoms with Gasteiger partial charge in [-0.3, -0.25) is 24.1 Å². The molecule has 2 atom stereocenters. The van der Waals surface area contributed by atoms with Crippen molar-refractivity contribution >= 4 is 33.7 Å². The smallest absolute Gasteiger partial charge is 0.308 e. The molecular formula is C23H29N3O7S. The summed E-state index contributed by atoms with van der Waals surface area (Å²) in [5.41, 5.74) is 0. The van der Waals surface area contributed by atoms with E-state index in [4.69, 9.17) is 4.74 Å². The maximum atomic E-state index is 12.7. The van der Waals surface area contributed by atoms with Gasteiger partial charge in [0.2, 0.25) is 21.8 Å². The number of carbonyl (C=O) groups excluding carboxylic acids is 4. The van der Waals surface area contributed by atoms with Gasteiger partial charge in [0.05, 0.1) is 23.2 Å². The summed E-state index contributed by atoms with van der Waals surface area (Å²) in [7, 11) is -3.62. The molecule has 3 fully saturated rings. The molecule has 0 spiro atoms. The van der Waals surface area contributed by atoms with Crippen LogP contribution in [0.1, 0.15) is 32.1 Å². The first-order chi connectivity index (χ1) is 16.3. The third kappa shape index (κ3) is 5.00. The van der Waals surface area contributed by atoms with Crippen molar-refractivity contribution in [3.05, 3.63) is 30.3 Å². The lowest BCUT2D eigenvalue weighted by atomic mass is 9.81. The Balaban J connectivity index is 1.20. The first-order valence-electron chi connectivity index (χ1n) is 11.6. The fourth-order valence-corrected chi connectivity index (χ4v) is 6.32. The van der Waals surface area contributed by atoms with E-state index in [9.17, 15) is 27.6 Å². The molecule has 3 amide bonds. The number of rotatable bonds is 7. The van der Waals surface area contributed by atoms with Gasteiger partial charge < -0.3 is 9.64 Å². The van der Waals surface area contributed by atoms with E-state index in [0.29, 0.717) is 12.8 Å². The highest BCUT2D eigenvalue weighted by molar-refractivity contribution is 7.89. The van der Waals surface area contributed by atoms with Gasteiger partial charge in [-0.1, -0.05) is 31.0 Å². The number of carbonyl (C=O) groups is 4. The molecule has 2 saturated heterocycles. The summed E-state index contributed by atoms with van der Waals surface area (Å²) in [5.74, 6) is -2.01. The van der Waals surface area contributed by atoms with Crippen molar-refractivity contribution in [1.29, 1.82) is 0 Å². The monoisotopic (exact) mass is 491 g/mol. The Bertz CT molecular complexity index is 1030. The Labute approximate surface area is 198 Å². The molecule has 0 N–H and O–H groups in total. The molecule has 1 aromatic carbocycles. The van der Waals surface area contributed by atoms with Crippen LogP contribution in [0.25, 0.3) is 0 Å². The van der Waals surface area contributed by atoms with Crippen molar-refractivity contribution in [2.45, 2.75) is 37.0 Å². The first-order valence-corrected chi connectivity index (χ1v) is 13.1. The summed E-state index contributed by atoms with van der Waals surface area (Å²) in [6, 6.07) is 8.12. The molecule has 184 valence electrons. The summed E-state index contributed by atoms with van der Waals surface area (Å²) < 4.78 is 31.8. The standard InChI is InChI=1S/C23H29N3O7S/c27-20(24-12-14-25(15-13-24)34(31,32)17-6-2-1-3-7-17)16-33-21(28)10-11-26-22(29)18-8-4-5-9-19(18)23(26)30/h1-3,6-7,18-19H,4-5,8-16H2/t18-,19-/m0/s1. The van der Waals surface area contributed by atoms with Crippen LogP contribution in [0.2, 0.25) is 0 Å². The van der Waals surface area contributed by atoms with Crippen LogP contribution in [0, 0.1) is 11.8 Å². The Morgan fingerprint density at radius 1 is 0.912 bits per heavy atom. The third-order valence-corrected chi connectivity index (χ3v) is 8.71. The molecule has 0 bridgehead atoms. The minimum atomic E-state index is -3.62. The van der Waals surface area contributed by atoms with E-state index in [1.165, 1.54) is 21.3 Å². The minimum absolute atomic E-state index is 0.0340. The summed E-state index contributed by atoms with van der Waals surface area (Å²) in [5, 5.41) is 0. The second-order valence-electron chi connectivity index (χ2n) is 8.83. The zero-order valence-corrected chi connectivity index (χ0v) is 19.7. The number of likely N-dealkylation sites (tertiary alicyclic amines) is 1. The second-order valence-corrected chi connectivity index (χ2v) is 10.8. The number of amides is 3. The summed E-state index contributed by atoms with van der Waals surface area (Å²) in [6.45, 7) is 0.200. The quantitative estimate of drug-likeness (QED) is 0.405. The Morgan fingerprint density at radius 2 is 1.50 bits per heavy atom. The molecule has 11 heteroatoms. The Hall–Kier alpha value is -2.79.